The number of nitrogens with zero attached hydrogens (tertiary/aromatic N) is 4. The van der Waals surface area contributed by atoms with Gasteiger partial charge in [0.1, 0.15) is 0 Å². The first-order chi connectivity index (χ1) is 17.7. The number of amides is 1. The number of carbonyl (C=O) groups is 1. The fourth-order valence-electron chi connectivity index (χ4n) is 4.89. The summed E-state index contributed by atoms with van der Waals surface area (Å²) in [4.78, 5) is 20.8. The fourth-order valence-corrected chi connectivity index (χ4v) is 5.83. The molecule has 0 radical (unpaired) electrons. The number of halogens is 2. The summed E-state index contributed by atoms with van der Waals surface area (Å²) in [6.07, 6.45) is 6.37. The monoisotopic (exact) mass is 533 g/mol. The Morgan fingerprint density at radius 2 is 2.14 bits per heavy atom. The molecule has 0 bridgehead atoms. The zero-order valence-electron chi connectivity index (χ0n) is 21.2. The highest BCUT2D eigenvalue weighted by Gasteiger charge is 2.26. The maximum Gasteiger partial charge on any atom is 0.278 e. The quantitative estimate of drug-likeness (QED) is 0.474. The number of carbonyl (C=O) groups excluding carboxylic acids is 1. The molecule has 1 saturated heterocycles. The first kappa shape index (κ1) is 26.0. The first-order valence-corrected chi connectivity index (χ1v) is 13.6. The third-order valence-corrected chi connectivity index (χ3v) is 8.08. The Labute approximate surface area is 218 Å². The molecule has 1 aromatic carbocycles. The summed E-state index contributed by atoms with van der Waals surface area (Å²) in [5.74, 6) is -2.94. The van der Waals surface area contributed by atoms with Crippen molar-refractivity contribution in [2.45, 2.75) is 57.1 Å². The van der Waals surface area contributed by atoms with E-state index in [4.69, 9.17) is 9.47 Å². The average Bonchev–Trinajstić information content (AvgIpc) is 3.39. The van der Waals surface area contributed by atoms with Gasteiger partial charge in [0, 0.05) is 55.9 Å². The van der Waals surface area contributed by atoms with Crippen LogP contribution in [-0.2, 0) is 24.6 Å². The molecule has 2 atom stereocenters. The number of aromatic nitrogens is 3. The first-order valence-electron chi connectivity index (χ1n) is 12.8. The Bertz CT molecular complexity index is 1210. The van der Waals surface area contributed by atoms with Crippen LogP contribution in [-0.4, -0.2) is 76.5 Å². The number of rotatable bonds is 8. The van der Waals surface area contributed by atoms with Gasteiger partial charge in [-0.3, -0.25) is 9.48 Å². The summed E-state index contributed by atoms with van der Waals surface area (Å²) >= 11 is 1.39. The molecule has 2 aromatic heterocycles. The standard InChI is InChI=1S/C26H33F2N5O3S/c1-26(27,28)16-36-25-31-21-8-11-33(12-9-23(21)37-25)10-7-20-6-5-19(15-35-20)30-24(34)17-3-4-18-14-29-32(2)22(18)13-17/h3-4,13-14,19-20H,5-12,15-16H2,1-2H3,(H,30,34)/t19-,20+/m0/s1. The van der Waals surface area contributed by atoms with Gasteiger partial charge in [0.2, 0.25) is 0 Å². The number of benzene rings is 1. The van der Waals surface area contributed by atoms with Gasteiger partial charge in [0.05, 0.1) is 36.2 Å². The lowest BCUT2D eigenvalue weighted by Crippen LogP contribution is -2.43. The van der Waals surface area contributed by atoms with E-state index in [1.807, 2.05) is 25.2 Å². The molecule has 37 heavy (non-hydrogen) atoms. The zero-order valence-corrected chi connectivity index (χ0v) is 22.0. The van der Waals surface area contributed by atoms with Gasteiger partial charge >= 0.3 is 0 Å². The van der Waals surface area contributed by atoms with E-state index in [-0.39, 0.29) is 18.1 Å². The van der Waals surface area contributed by atoms with Gasteiger partial charge in [-0.15, -0.1) is 0 Å². The maximum atomic E-state index is 13.1. The van der Waals surface area contributed by atoms with E-state index >= 15 is 0 Å². The van der Waals surface area contributed by atoms with E-state index in [1.54, 1.807) is 10.9 Å². The molecule has 2 aliphatic rings. The highest BCUT2D eigenvalue weighted by atomic mass is 32.1. The highest BCUT2D eigenvalue weighted by Crippen LogP contribution is 2.29. The predicted molar refractivity (Wildman–Crippen MR) is 138 cm³/mol. The summed E-state index contributed by atoms with van der Waals surface area (Å²) in [5.41, 5.74) is 2.53. The van der Waals surface area contributed by atoms with Crippen LogP contribution in [0.25, 0.3) is 10.9 Å². The number of ether oxygens (including phenoxy) is 2. The lowest BCUT2D eigenvalue weighted by molar-refractivity contribution is -0.0230. The van der Waals surface area contributed by atoms with E-state index in [2.05, 4.69) is 20.3 Å². The number of hydrogen-bond donors (Lipinski definition) is 1. The topological polar surface area (TPSA) is 81.5 Å². The molecule has 0 saturated carbocycles. The smallest absolute Gasteiger partial charge is 0.278 e. The van der Waals surface area contributed by atoms with Gasteiger partial charge in [0.15, 0.2) is 6.61 Å². The minimum Gasteiger partial charge on any atom is -0.464 e. The van der Waals surface area contributed by atoms with Gasteiger partial charge < -0.3 is 19.7 Å². The molecular formula is C26H33F2N5O3S. The molecule has 0 spiro atoms. The molecule has 1 N–H and O–H groups in total. The molecule has 1 amide bonds. The van der Waals surface area contributed by atoms with Crippen LogP contribution in [0, 0.1) is 0 Å². The number of alkyl halides is 2. The van der Waals surface area contributed by atoms with Crippen molar-refractivity contribution in [3.05, 3.63) is 40.5 Å². The number of thiazole rings is 1. The summed E-state index contributed by atoms with van der Waals surface area (Å²) in [6.45, 7) is 3.45. The number of aryl methyl sites for hydroxylation is 1. The molecule has 4 heterocycles. The van der Waals surface area contributed by atoms with Gasteiger partial charge in [-0.1, -0.05) is 17.4 Å². The third kappa shape index (κ3) is 6.63. The maximum absolute atomic E-state index is 13.1. The second-order valence-corrected chi connectivity index (χ2v) is 11.1. The Balaban J connectivity index is 1.03. The molecule has 0 unspecified atom stereocenters. The molecule has 200 valence electrons. The Hall–Kier alpha value is -2.63. The van der Waals surface area contributed by atoms with Crippen LogP contribution in [0.2, 0.25) is 0 Å². The van der Waals surface area contributed by atoms with Crippen LogP contribution in [0.3, 0.4) is 0 Å². The number of fused-ring (bicyclic) bond motifs is 2. The molecule has 5 rings (SSSR count). The summed E-state index contributed by atoms with van der Waals surface area (Å²) < 4.78 is 39.2. The normalized spacial score (nSPS) is 21.0. The summed E-state index contributed by atoms with van der Waals surface area (Å²) in [7, 11) is 1.87. The van der Waals surface area contributed by atoms with E-state index in [0.29, 0.717) is 17.4 Å². The van der Waals surface area contributed by atoms with Crippen LogP contribution in [0.1, 0.15) is 47.1 Å². The largest absolute Gasteiger partial charge is 0.464 e. The van der Waals surface area contributed by atoms with Crippen LogP contribution >= 0.6 is 11.3 Å². The van der Waals surface area contributed by atoms with Crippen molar-refractivity contribution < 1.29 is 23.0 Å². The van der Waals surface area contributed by atoms with Crippen molar-refractivity contribution in [2.75, 3.05) is 32.8 Å². The molecule has 0 aliphatic carbocycles. The molecule has 3 aromatic rings. The molecule has 8 nitrogen and oxygen atoms in total. The van der Waals surface area contributed by atoms with Crippen molar-refractivity contribution in [3.8, 4) is 5.19 Å². The van der Waals surface area contributed by atoms with Crippen molar-refractivity contribution in [3.63, 3.8) is 0 Å². The number of nitrogens with one attached hydrogen (secondary N) is 1. The number of hydrogen-bond acceptors (Lipinski definition) is 7. The van der Waals surface area contributed by atoms with Crippen LogP contribution in [0.4, 0.5) is 8.78 Å². The zero-order chi connectivity index (χ0) is 26.0. The molecular weight excluding hydrogens is 500 g/mol. The molecule has 1 fully saturated rings. The van der Waals surface area contributed by atoms with Gasteiger partial charge in [0.25, 0.3) is 17.0 Å². The summed E-state index contributed by atoms with van der Waals surface area (Å²) in [5, 5.41) is 8.70. The minimum atomic E-state index is -2.86. The van der Waals surface area contributed by atoms with Crippen LogP contribution in [0.15, 0.2) is 24.4 Å². The van der Waals surface area contributed by atoms with Gasteiger partial charge in [-0.25, -0.2) is 13.8 Å². The summed E-state index contributed by atoms with van der Waals surface area (Å²) in [6, 6.07) is 5.63. The molecule has 2 aliphatic heterocycles. The minimum absolute atomic E-state index is 0.00954. The third-order valence-electron chi connectivity index (χ3n) is 7.01. The lowest BCUT2D eigenvalue weighted by Gasteiger charge is -2.31. The van der Waals surface area contributed by atoms with Crippen LogP contribution < -0.4 is 10.1 Å². The molecule has 11 heteroatoms. The van der Waals surface area contributed by atoms with Crippen molar-refractivity contribution >= 4 is 28.1 Å². The average molecular weight is 534 g/mol. The second-order valence-electron chi connectivity index (χ2n) is 10.1. The van der Waals surface area contributed by atoms with E-state index in [1.165, 1.54) is 11.3 Å². The SMILES string of the molecule is Cn1ncc2ccc(C(=O)N[C@H]3CC[C@H](CCN4CCc5nc(OCC(C)(F)F)sc5CC4)OC3)cc21. The van der Waals surface area contributed by atoms with E-state index in [9.17, 15) is 13.6 Å². The van der Waals surface area contributed by atoms with Gasteiger partial charge in [-0.2, -0.15) is 5.10 Å². The predicted octanol–water partition coefficient (Wildman–Crippen LogP) is 3.83. The van der Waals surface area contributed by atoms with Crippen molar-refractivity contribution in [1.29, 1.82) is 0 Å². The second kappa shape index (κ2) is 11.0. The van der Waals surface area contributed by atoms with Gasteiger partial charge in [-0.05, 0) is 37.8 Å². The lowest BCUT2D eigenvalue weighted by atomic mass is 10.0. The van der Waals surface area contributed by atoms with Crippen LogP contribution in [0.5, 0.6) is 5.19 Å². The highest BCUT2D eigenvalue weighted by molar-refractivity contribution is 7.13. The van der Waals surface area contributed by atoms with E-state index < -0.39 is 12.5 Å². The van der Waals surface area contributed by atoms with Crippen molar-refractivity contribution in [2.24, 2.45) is 7.05 Å². The Morgan fingerprint density at radius 1 is 1.30 bits per heavy atom. The van der Waals surface area contributed by atoms with E-state index in [0.717, 1.165) is 80.1 Å². The fraction of sp³-hybridized carbons (Fsp3) is 0.577. The Kier molecular flexibility index (Phi) is 7.73. The Morgan fingerprint density at radius 3 is 2.92 bits per heavy atom. The van der Waals surface area contributed by atoms with Crippen molar-refractivity contribution in [1.82, 2.24) is 25.0 Å².